The highest BCUT2D eigenvalue weighted by Gasteiger charge is 2.20. The lowest BCUT2D eigenvalue weighted by Gasteiger charge is -2.26. The van der Waals surface area contributed by atoms with E-state index in [9.17, 15) is 0 Å². The fourth-order valence-corrected chi connectivity index (χ4v) is 10.4. The number of thiazole rings is 1. The molecule has 11 aromatic rings. The third kappa shape index (κ3) is 5.49. The molecular formula is C51H32N2S2. The number of nitrogens with zero attached hydrogens (tertiary/aromatic N) is 2. The highest BCUT2D eigenvalue weighted by molar-refractivity contribution is 7.27. The summed E-state index contributed by atoms with van der Waals surface area (Å²) in [6.07, 6.45) is 0. The first-order chi connectivity index (χ1) is 27.2. The number of benzene rings is 9. The van der Waals surface area contributed by atoms with Crippen molar-refractivity contribution < 1.29 is 0 Å². The van der Waals surface area contributed by atoms with E-state index >= 15 is 0 Å². The van der Waals surface area contributed by atoms with E-state index in [1.165, 1.54) is 68.7 Å². The summed E-state index contributed by atoms with van der Waals surface area (Å²) in [5.74, 6) is 0. The number of anilines is 3. The Labute approximate surface area is 326 Å². The summed E-state index contributed by atoms with van der Waals surface area (Å²) in [5, 5.41) is 8.69. The SMILES string of the molecule is c1ccc(-c2nc3cc4c(sc5ccccc54)c(-c4ccc(N(c5ccccc5)c5ccc(-c6ccc7ccc8ccccc8c7c6)cc5)cc4)c3s2)cc1. The number of para-hydroxylation sites is 1. The fourth-order valence-electron chi connectivity index (χ4n) is 8.00. The van der Waals surface area contributed by atoms with Crippen LogP contribution >= 0.6 is 22.7 Å². The minimum atomic E-state index is 1.05. The summed E-state index contributed by atoms with van der Waals surface area (Å²) in [6.45, 7) is 0. The Kier molecular flexibility index (Phi) is 7.58. The standard InChI is InChI=1S/C51H32N2S2/c1-3-12-37(13-4-1)51-52-46-32-45-43-17-9-10-18-47(43)54-49(45)48(50(46)55-51)36-25-29-41(30-26-36)53(39-14-5-2-6-15-39)40-27-23-33(24-28-40)38-22-21-35-20-19-34-11-7-8-16-42(34)44(35)31-38/h1-32H. The lowest BCUT2D eigenvalue weighted by atomic mass is 9.97. The number of thiophene rings is 1. The topological polar surface area (TPSA) is 16.1 Å². The second kappa shape index (κ2) is 13.1. The van der Waals surface area contributed by atoms with E-state index in [1.54, 1.807) is 11.3 Å². The molecule has 2 heterocycles. The Bertz CT molecular complexity index is 3180. The van der Waals surface area contributed by atoms with Crippen molar-refractivity contribution in [3.8, 4) is 32.8 Å². The molecule has 0 fully saturated rings. The number of fused-ring (bicyclic) bond motifs is 7. The van der Waals surface area contributed by atoms with Gasteiger partial charge in [0, 0.05) is 48.4 Å². The minimum absolute atomic E-state index is 1.05. The van der Waals surface area contributed by atoms with Crippen molar-refractivity contribution in [1.29, 1.82) is 0 Å². The molecule has 4 heteroatoms. The van der Waals surface area contributed by atoms with Crippen LogP contribution in [0.25, 0.3) is 84.8 Å². The molecule has 0 aliphatic rings. The van der Waals surface area contributed by atoms with Gasteiger partial charge in [0.2, 0.25) is 0 Å². The second-order valence-electron chi connectivity index (χ2n) is 13.9. The molecule has 0 saturated carbocycles. The lowest BCUT2D eigenvalue weighted by molar-refractivity contribution is 1.28. The first-order valence-electron chi connectivity index (χ1n) is 18.5. The molecule has 0 spiro atoms. The molecule has 0 bridgehead atoms. The van der Waals surface area contributed by atoms with Gasteiger partial charge in [0.25, 0.3) is 0 Å². The van der Waals surface area contributed by atoms with Crippen molar-refractivity contribution >= 4 is 91.7 Å². The summed E-state index contributed by atoms with van der Waals surface area (Å²) in [7, 11) is 0. The average molecular weight is 737 g/mol. The second-order valence-corrected chi connectivity index (χ2v) is 16.0. The van der Waals surface area contributed by atoms with E-state index in [0.717, 1.165) is 33.1 Å². The lowest BCUT2D eigenvalue weighted by Crippen LogP contribution is -2.09. The first-order valence-corrected chi connectivity index (χ1v) is 20.2. The van der Waals surface area contributed by atoms with Gasteiger partial charge in [0.05, 0.1) is 10.2 Å². The van der Waals surface area contributed by atoms with Gasteiger partial charge in [-0.15, -0.1) is 22.7 Å². The molecule has 11 rings (SSSR count). The van der Waals surface area contributed by atoms with Gasteiger partial charge in [-0.3, -0.25) is 0 Å². The highest BCUT2D eigenvalue weighted by Crippen LogP contribution is 2.47. The largest absolute Gasteiger partial charge is 0.311 e. The number of aromatic nitrogens is 1. The van der Waals surface area contributed by atoms with E-state index in [0.29, 0.717) is 0 Å². The maximum atomic E-state index is 5.20. The van der Waals surface area contributed by atoms with Crippen LogP contribution in [0, 0.1) is 0 Å². The van der Waals surface area contributed by atoms with E-state index in [-0.39, 0.29) is 0 Å². The third-order valence-corrected chi connectivity index (χ3v) is 13.0. The Morgan fingerprint density at radius 2 is 0.945 bits per heavy atom. The summed E-state index contributed by atoms with van der Waals surface area (Å²) in [5.41, 5.74) is 10.4. The molecular weight excluding hydrogens is 705 g/mol. The molecule has 0 saturated heterocycles. The predicted molar refractivity (Wildman–Crippen MR) is 239 cm³/mol. The summed E-state index contributed by atoms with van der Waals surface area (Å²) in [4.78, 5) is 7.55. The van der Waals surface area contributed by atoms with E-state index in [2.05, 4.69) is 199 Å². The quantitative estimate of drug-likeness (QED) is 0.158. The normalized spacial score (nSPS) is 11.6. The van der Waals surface area contributed by atoms with Crippen LogP contribution in [-0.2, 0) is 0 Å². The van der Waals surface area contributed by atoms with Crippen molar-refractivity contribution in [1.82, 2.24) is 4.98 Å². The monoisotopic (exact) mass is 736 g/mol. The van der Waals surface area contributed by atoms with Gasteiger partial charge in [0.1, 0.15) is 5.01 Å². The van der Waals surface area contributed by atoms with Crippen molar-refractivity contribution in [3.05, 3.63) is 194 Å². The Hall–Kier alpha value is -6.59. The highest BCUT2D eigenvalue weighted by atomic mass is 32.1. The van der Waals surface area contributed by atoms with E-state index in [4.69, 9.17) is 4.98 Å². The zero-order valence-electron chi connectivity index (χ0n) is 29.7. The summed E-state index contributed by atoms with van der Waals surface area (Å²) >= 11 is 3.66. The van der Waals surface area contributed by atoms with Crippen LogP contribution in [-0.4, -0.2) is 4.98 Å². The molecule has 258 valence electrons. The van der Waals surface area contributed by atoms with Crippen LogP contribution in [0.1, 0.15) is 0 Å². The van der Waals surface area contributed by atoms with Gasteiger partial charge in [0.15, 0.2) is 0 Å². The number of hydrogen-bond donors (Lipinski definition) is 0. The van der Waals surface area contributed by atoms with Gasteiger partial charge in [-0.25, -0.2) is 4.98 Å². The van der Waals surface area contributed by atoms with Crippen LogP contribution in [0.2, 0.25) is 0 Å². The zero-order valence-corrected chi connectivity index (χ0v) is 31.3. The molecule has 0 atom stereocenters. The molecule has 2 nitrogen and oxygen atoms in total. The molecule has 0 radical (unpaired) electrons. The van der Waals surface area contributed by atoms with Gasteiger partial charge in [-0.05, 0) is 92.8 Å². The molecule has 0 unspecified atom stereocenters. The van der Waals surface area contributed by atoms with Crippen LogP contribution in [0.4, 0.5) is 17.1 Å². The first kappa shape index (κ1) is 31.9. The van der Waals surface area contributed by atoms with E-state index in [1.807, 2.05) is 11.3 Å². The fraction of sp³-hybridized carbons (Fsp3) is 0. The van der Waals surface area contributed by atoms with Crippen molar-refractivity contribution in [2.24, 2.45) is 0 Å². The van der Waals surface area contributed by atoms with Gasteiger partial charge in [-0.1, -0.05) is 140 Å². The van der Waals surface area contributed by atoms with Gasteiger partial charge >= 0.3 is 0 Å². The molecule has 0 N–H and O–H groups in total. The Morgan fingerprint density at radius 1 is 0.364 bits per heavy atom. The molecule has 55 heavy (non-hydrogen) atoms. The van der Waals surface area contributed by atoms with Crippen LogP contribution in [0.3, 0.4) is 0 Å². The molecule has 0 aliphatic heterocycles. The van der Waals surface area contributed by atoms with Crippen LogP contribution < -0.4 is 4.90 Å². The van der Waals surface area contributed by atoms with Crippen LogP contribution in [0.5, 0.6) is 0 Å². The van der Waals surface area contributed by atoms with Crippen molar-refractivity contribution in [3.63, 3.8) is 0 Å². The Morgan fingerprint density at radius 3 is 1.71 bits per heavy atom. The zero-order chi connectivity index (χ0) is 36.3. The molecule has 0 amide bonds. The van der Waals surface area contributed by atoms with Crippen LogP contribution in [0.15, 0.2) is 194 Å². The Balaban J connectivity index is 1.01. The third-order valence-electron chi connectivity index (χ3n) is 10.7. The van der Waals surface area contributed by atoms with Crippen molar-refractivity contribution in [2.45, 2.75) is 0 Å². The molecule has 2 aromatic heterocycles. The predicted octanol–water partition coefficient (Wildman–Crippen LogP) is 15.4. The summed E-state index contributed by atoms with van der Waals surface area (Å²) < 4.78 is 3.83. The number of hydrogen-bond acceptors (Lipinski definition) is 4. The average Bonchev–Trinajstić information content (AvgIpc) is 3.85. The molecule has 0 aliphatic carbocycles. The smallest absolute Gasteiger partial charge is 0.124 e. The summed E-state index contributed by atoms with van der Waals surface area (Å²) in [6, 6.07) is 70.2. The molecule has 9 aromatic carbocycles. The van der Waals surface area contributed by atoms with Gasteiger partial charge < -0.3 is 4.90 Å². The van der Waals surface area contributed by atoms with Gasteiger partial charge in [-0.2, -0.15) is 0 Å². The maximum Gasteiger partial charge on any atom is 0.124 e. The maximum absolute atomic E-state index is 5.20. The van der Waals surface area contributed by atoms with E-state index < -0.39 is 0 Å². The number of rotatable bonds is 6. The van der Waals surface area contributed by atoms with Crippen molar-refractivity contribution in [2.75, 3.05) is 4.90 Å². The minimum Gasteiger partial charge on any atom is -0.311 e.